The van der Waals surface area contributed by atoms with Gasteiger partial charge < -0.3 is 15.4 Å². The summed E-state index contributed by atoms with van der Waals surface area (Å²) in [7, 11) is 1.11. The summed E-state index contributed by atoms with van der Waals surface area (Å²) >= 11 is 1.41. The zero-order chi connectivity index (χ0) is 23.3. The summed E-state index contributed by atoms with van der Waals surface area (Å²) in [5, 5.41) is 10.2. The molecule has 2 heterocycles. The number of ether oxygens (including phenoxy) is 1. The van der Waals surface area contributed by atoms with Gasteiger partial charge in [-0.25, -0.2) is 4.79 Å². The fourth-order valence-corrected chi connectivity index (χ4v) is 4.70. The summed E-state index contributed by atoms with van der Waals surface area (Å²) in [6.07, 6.45) is 0.182. The Bertz CT molecular complexity index is 962. The number of thiophene rings is 1. The van der Waals surface area contributed by atoms with Crippen molar-refractivity contribution in [3.63, 3.8) is 0 Å². The van der Waals surface area contributed by atoms with Gasteiger partial charge in [-0.3, -0.25) is 14.7 Å². The monoisotopic (exact) mass is 472 g/mol. The lowest BCUT2D eigenvalue weighted by Crippen LogP contribution is -2.46. The Morgan fingerprint density at radius 2 is 2.03 bits per heavy atom. The first-order chi connectivity index (χ1) is 15.2. The molecule has 0 bridgehead atoms. The summed E-state index contributed by atoms with van der Waals surface area (Å²) in [6.45, 7) is -0.381. The van der Waals surface area contributed by atoms with Crippen LogP contribution in [0.5, 0.6) is 0 Å². The third kappa shape index (κ3) is 5.87. The predicted molar refractivity (Wildman–Crippen MR) is 109 cm³/mol. The first kappa shape index (κ1) is 23.8. The third-order valence-corrected chi connectivity index (χ3v) is 6.39. The minimum atomic E-state index is -4.61. The van der Waals surface area contributed by atoms with Crippen molar-refractivity contribution in [3.05, 3.63) is 38.8 Å². The number of carbonyl (C=O) groups is 3. The van der Waals surface area contributed by atoms with E-state index in [9.17, 15) is 27.6 Å². The van der Waals surface area contributed by atoms with E-state index in [4.69, 9.17) is 0 Å². The minimum absolute atomic E-state index is 0.129. The largest absolute Gasteiger partial charge is 0.467 e. The highest BCUT2D eigenvalue weighted by molar-refractivity contribution is 7.14. The van der Waals surface area contributed by atoms with E-state index in [1.807, 2.05) is 11.2 Å². The molecule has 12 heteroatoms. The highest BCUT2D eigenvalue weighted by atomic mass is 32.1. The number of hydrogen-bond acceptors (Lipinski definition) is 6. The van der Waals surface area contributed by atoms with Crippen molar-refractivity contribution in [2.75, 3.05) is 13.7 Å². The molecule has 8 nitrogen and oxygen atoms in total. The van der Waals surface area contributed by atoms with Gasteiger partial charge in [-0.05, 0) is 50.2 Å². The van der Waals surface area contributed by atoms with Gasteiger partial charge in [-0.15, -0.1) is 11.3 Å². The highest BCUT2D eigenvalue weighted by Crippen LogP contribution is 2.31. The topological polar surface area (TPSA) is 113 Å². The van der Waals surface area contributed by atoms with Gasteiger partial charge in [-0.1, -0.05) is 0 Å². The van der Waals surface area contributed by atoms with Crippen molar-refractivity contribution in [1.29, 1.82) is 0 Å². The summed E-state index contributed by atoms with van der Waals surface area (Å²) in [5.41, 5.74) is 0.0352. The van der Waals surface area contributed by atoms with Crippen LogP contribution in [0.1, 0.15) is 50.6 Å². The Morgan fingerprint density at radius 3 is 2.72 bits per heavy atom. The molecule has 3 rings (SSSR count). The fraction of sp³-hybridized carbons (Fsp3) is 0.500. The quantitative estimate of drug-likeness (QED) is 0.511. The first-order valence-corrected chi connectivity index (χ1v) is 10.9. The number of aromatic amines is 1. The van der Waals surface area contributed by atoms with Crippen molar-refractivity contribution in [3.8, 4) is 0 Å². The van der Waals surface area contributed by atoms with Crippen molar-refractivity contribution < 1.29 is 32.3 Å². The normalized spacial score (nSPS) is 14.4. The number of rotatable bonds is 8. The van der Waals surface area contributed by atoms with Gasteiger partial charge in [-0.2, -0.15) is 18.3 Å². The van der Waals surface area contributed by atoms with E-state index in [0.29, 0.717) is 4.88 Å². The van der Waals surface area contributed by atoms with E-state index in [-0.39, 0.29) is 30.9 Å². The Hall–Kier alpha value is -2.89. The number of H-pyrrole nitrogens is 1. The lowest BCUT2D eigenvalue weighted by molar-refractivity contribution is -0.145. The van der Waals surface area contributed by atoms with Gasteiger partial charge in [0.1, 0.15) is 11.7 Å². The summed E-state index contributed by atoms with van der Waals surface area (Å²) in [5.74, 6) is -1.84. The molecule has 0 radical (unpaired) electrons. The van der Waals surface area contributed by atoms with Gasteiger partial charge in [0.05, 0.1) is 24.7 Å². The van der Waals surface area contributed by atoms with E-state index in [1.54, 1.807) is 0 Å². The number of nitrogens with zero attached hydrogens (tertiary/aromatic N) is 1. The SMILES string of the molecule is COC(=O)C(CCc1cn[nH]c1C(F)(F)F)NC(=O)CNC(=O)c1cc2c(s1)CCCC2. The molecule has 174 valence electrons. The average molecular weight is 472 g/mol. The summed E-state index contributed by atoms with van der Waals surface area (Å²) in [4.78, 5) is 38.3. The molecular formula is C20H23F3N4O4S. The highest BCUT2D eigenvalue weighted by Gasteiger charge is 2.35. The molecule has 0 fully saturated rings. The van der Waals surface area contributed by atoms with Gasteiger partial charge in [0, 0.05) is 10.4 Å². The van der Waals surface area contributed by atoms with Crippen LogP contribution in [0.15, 0.2) is 12.3 Å². The molecule has 2 aromatic rings. The van der Waals surface area contributed by atoms with Crippen LogP contribution in [-0.2, 0) is 39.8 Å². The molecule has 0 aliphatic heterocycles. The lowest BCUT2D eigenvalue weighted by Gasteiger charge is -2.17. The zero-order valence-corrected chi connectivity index (χ0v) is 18.1. The smallest absolute Gasteiger partial charge is 0.433 e. The Labute approximate surface area is 185 Å². The number of fused-ring (bicyclic) bond motifs is 1. The maximum absolute atomic E-state index is 13.0. The second-order valence-electron chi connectivity index (χ2n) is 7.40. The number of methoxy groups -OCH3 is 1. The van der Waals surface area contributed by atoms with Crippen molar-refractivity contribution in [2.24, 2.45) is 0 Å². The Kier molecular flexibility index (Phi) is 7.54. The van der Waals surface area contributed by atoms with Crippen LogP contribution < -0.4 is 10.6 Å². The number of esters is 1. The Morgan fingerprint density at radius 1 is 1.28 bits per heavy atom. The van der Waals surface area contributed by atoms with Crippen LogP contribution >= 0.6 is 11.3 Å². The number of hydrogen-bond donors (Lipinski definition) is 3. The molecule has 0 saturated carbocycles. The molecule has 0 aromatic carbocycles. The number of alkyl halides is 3. The van der Waals surface area contributed by atoms with E-state index in [2.05, 4.69) is 20.5 Å². The molecule has 0 spiro atoms. The van der Waals surface area contributed by atoms with Crippen molar-refractivity contribution in [1.82, 2.24) is 20.8 Å². The predicted octanol–water partition coefficient (Wildman–Crippen LogP) is 2.39. The van der Waals surface area contributed by atoms with Crippen LogP contribution in [0.3, 0.4) is 0 Å². The number of carbonyl (C=O) groups excluding carboxylic acids is 3. The fourth-order valence-electron chi connectivity index (χ4n) is 3.53. The van der Waals surface area contributed by atoms with Crippen LogP contribution in [0, 0.1) is 0 Å². The summed E-state index contributed by atoms with van der Waals surface area (Å²) < 4.78 is 43.5. The molecule has 2 amide bonds. The van der Waals surface area contributed by atoms with Crippen LogP contribution in [-0.4, -0.2) is 47.7 Å². The molecule has 3 N–H and O–H groups in total. The zero-order valence-electron chi connectivity index (χ0n) is 17.3. The molecule has 2 aromatic heterocycles. The second-order valence-corrected chi connectivity index (χ2v) is 8.54. The van der Waals surface area contributed by atoms with Crippen LogP contribution in [0.4, 0.5) is 13.2 Å². The van der Waals surface area contributed by atoms with Crippen LogP contribution in [0.2, 0.25) is 0 Å². The lowest BCUT2D eigenvalue weighted by atomic mass is 9.99. The Balaban J connectivity index is 1.54. The molecule has 0 saturated heterocycles. The third-order valence-electron chi connectivity index (χ3n) is 5.15. The maximum Gasteiger partial charge on any atom is 0.433 e. The van der Waals surface area contributed by atoms with Crippen molar-refractivity contribution in [2.45, 2.75) is 50.7 Å². The number of amides is 2. The van der Waals surface area contributed by atoms with Gasteiger partial charge in [0.15, 0.2) is 0 Å². The number of aromatic nitrogens is 2. The van der Waals surface area contributed by atoms with E-state index in [1.165, 1.54) is 21.8 Å². The molecule has 32 heavy (non-hydrogen) atoms. The minimum Gasteiger partial charge on any atom is -0.467 e. The molecule has 1 aliphatic rings. The molecule has 1 atom stereocenters. The van der Waals surface area contributed by atoms with E-state index < -0.39 is 29.8 Å². The molecule has 1 aliphatic carbocycles. The van der Waals surface area contributed by atoms with Crippen molar-refractivity contribution >= 4 is 29.1 Å². The van der Waals surface area contributed by atoms with Gasteiger partial charge in [0.25, 0.3) is 5.91 Å². The molecular weight excluding hydrogens is 449 g/mol. The van der Waals surface area contributed by atoms with Gasteiger partial charge in [0.2, 0.25) is 5.91 Å². The first-order valence-electron chi connectivity index (χ1n) is 10.1. The van der Waals surface area contributed by atoms with Crippen LogP contribution in [0.25, 0.3) is 0 Å². The van der Waals surface area contributed by atoms with E-state index in [0.717, 1.165) is 39.0 Å². The van der Waals surface area contributed by atoms with Gasteiger partial charge >= 0.3 is 12.1 Å². The maximum atomic E-state index is 13.0. The number of nitrogens with one attached hydrogen (secondary N) is 3. The number of aryl methyl sites for hydroxylation is 3. The summed E-state index contributed by atoms with van der Waals surface area (Å²) in [6, 6.07) is 0.668. The standard InChI is InChI=1S/C20H23F3N4O4S/c1-31-19(30)13(7-6-12-9-25-27-17(12)20(21,22)23)26-16(28)10-24-18(29)15-8-11-4-2-3-5-14(11)32-15/h8-9,13H,2-7,10H2,1H3,(H,24,29)(H,25,27)(H,26,28). The second kappa shape index (κ2) is 10.2. The average Bonchev–Trinajstić information content (AvgIpc) is 3.41. The molecule has 1 unspecified atom stereocenters. The van der Waals surface area contributed by atoms with E-state index >= 15 is 0 Å². The number of halogens is 3.